The lowest BCUT2D eigenvalue weighted by atomic mass is 10.0. The fourth-order valence-corrected chi connectivity index (χ4v) is 5.35. The van der Waals surface area contributed by atoms with Gasteiger partial charge in [-0.15, -0.1) is 0 Å². The Bertz CT molecular complexity index is 1070. The summed E-state index contributed by atoms with van der Waals surface area (Å²) >= 11 is 7.95. The normalized spacial score (nSPS) is 14.8. The minimum absolute atomic E-state index is 0.0723. The van der Waals surface area contributed by atoms with Crippen LogP contribution >= 0.6 is 22.9 Å². The lowest BCUT2D eigenvalue weighted by Crippen LogP contribution is -2.39. The van der Waals surface area contributed by atoms with Crippen molar-refractivity contribution in [1.29, 1.82) is 0 Å². The van der Waals surface area contributed by atoms with Gasteiger partial charge in [-0.3, -0.25) is 14.6 Å². The predicted molar refractivity (Wildman–Crippen MR) is 133 cm³/mol. The van der Waals surface area contributed by atoms with E-state index in [2.05, 4.69) is 30.9 Å². The highest BCUT2D eigenvalue weighted by atomic mass is 35.5. The van der Waals surface area contributed by atoms with E-state index in [4.69, 9.17) is 21.3 Å². The molecule has 1 saturated heterocycles. The summed E-state index contributed by atoms with van der Waals surface area (Å²) in [7, 11) is 0. The Labute approximate surface area is 199 Å². The number of anilines is 1. The number of hydrogen-bond acceptors (Lipinski definition) is 5. The Hall–Kier alpha value is -1.99. The van der Waals surface area contributed by atoms with Crippen molar-refractivity contribution >= 4 is 44.2 Å². The van der Waals surface area contributed by atoms with Crippen LogP contribution in [0.5, 0.6) is 0 Å². The van der Waals surface area contributed by atoms with Crippen molar-refractivity contribution in [1.82, 2.24) is 9.88 Å². The molecule has 3 aromatic rings. The summed E-state index contributed by atoms with van der Waals surface area (Å²) in [5.74, 6) is 0.0723. The van der Waals surface area contributed by atoms with Crippen LogP contribution < -0.4 is 4.90 Å². The average molecular weight is 472 g/mol. The number of hydrogen-bond donors (Lipinski definition) is 0. The van der Waals surface area contributed by atoms with Gasteiger partial charge in [-0.05, 0) is 55.5 Å². The number of fused-ring (bicyclic) bond motifs is 1. The van der Waals surface area contributed by atoms with Crippen molar-refractivity contribution in [3.05, 3.63) is 57.6 Å². The van der Waals surface area contributed by atoms with Gasteiger partial charge in [0.1, 0.15) is 0 Å². The molecule has 0 spiro atoms. The second-order valence-electron chi connectivity index (χ2n) is 8.49. The number of ether oxygens (including phenoxy) is 1. The number of carbonyl (C=O) groups is 1. The Kier molecular flexibility index (Phi) is 7.46. The summed E-state index contributed by atoms with van der Waals surface area (Å²) in [5.41, 5.74) is 5.43. The third-order valence-electron chi connectivity index (χ3n) is 6.10. The molecule has 4 rings (SSSR count). The van der Waals surface area contributed by atoms with Crippen LogP contribution in [0.1, 0.15) is 28.7 Å². The molecule has 1 aliphatic heterocycles. The largest absolute Gasteiger partial charge is 0.379 e. The van der Waals surface area contributed by atoms with E-state index >= 15 is 0 Å². The maximum absolute atomic E-state index is 13.5. The maximum Gasteiger partial charge on any atom is 0.233 e. The van der Waals surface area contributed by atoms with Crippen LogP contribution in [-0.4, -0.2) is 55.2 Å². The van der Waals surface area contributed by atoms with Gasteiger partial charge >= 0.3 is 0 Å². The molecule has 1 amide bonds. The first kappa shape index (κ1) is 23.2. The van der Waals surface area contributed by atoms with Crippen LogP contribution in [0.15, 0.2) is 30.3 Å². The van der Waals surface area contributed by atoms with Crippen molar-refractivity contribution in [3.63, 3.8) is 0 Å². The number of carbonyl (C=O) groups excluding carboxylic acids is 1. The molecule has 32 heavy (non-hydrogen) atoms. The van der Waals surface area contributed by atoms with Crippen molar-refractivity contribution in [2.75, 3.05) is 44.3 Å². The van der Waals surface area contributed by atoms with Crippen LogP contribution in [0.3, 0.4) is 0 Å². The minimum atomic E-state index is 0.0723. The molecule has 2 aromatic carbocycles. The smallest absolute Gasteiger partial charge is 0.233 e. The van der Waals surface area contributed by atoms with Crippen LogP contribution in [0.2, 0.25) is 5.02 Å². The lowest BCUT2D eigenvalue weighted by Gasteiger charge is -2.27. The molecule has 5 nitrogen and oxygen atoms in total. The quantitative estimate of drug-likeness (QED) is 0.476. The highest BCUT2D eigenvalue weighted by Crippen LogP contribution is 2.36. The number of aromatic nitrogens is 1. The highest BCUT2D eigenvalue weighted by molar-refractivity contribution is 7.23. The fraction of sp³-hybridized carbons (Fsp3) is 0.440. The Morgan fingerprint density at radius 2 is 1.88 bits per heavy atom. The topological polar surface area (TPSA) is 45.7 Å². The number of thiazole rings is 1. The van der Waals surface area contributed by atoms with E-state index in [1.807, 2.05) is 30.0 Å². The maximum atomic E-state index is 13.5. The third kappa shape index (κ3) is 5.31. The lowest BCUT2D eigenvalue weighted by molar-refractivity contribution is -0.118. The van der Waals surface area contributed by atoms with Crippen molar-refractivity contribution in [3.8, 4) is 0 Å². The molecule has 1 aliphatic rings. The number of aryl methyl sites for hydroxylation is 3. The van der Waals surface area contributed by atoms with E-state index < -0.39 is 0 Å². The Balaban J connectivity index is 1.56. The molecule has 1 fully saturated rings. The van der Waals surface area contributed by atoms with Crippen molar-refractivity contribution in [2.45, 2.75) is 33.6 Å². The van der Waals surface area contributed by atoms with Crippen molar-refractivity contribution in [2.24, 2.45) is 0 Å². The van der Waals surface area contributed by atoms with Gasteiger partial charge in [0.15, 0.2) is 5.13 Å². The zero-order valence-electron chi connectivity index (χ0n) is 19.0. The molecule has 0 radical (unpaired) electrons. The third-order valence-corrected chi connectivity index (χ3v) is 7.64. The van der Waals surface area contributed by atoms with E-state index in [1.54, 1.807) is 0 Å². The van der Waals surface area contributed by atoms with Crippen molar-refractivity contribution < 1.29 is 9.53 Å². The second-order valence-corrected chi connectivity index (χ2v) is 9.87. The van der Waals surface area contributed by atoms with E-state index in [9.17, 15) is 4.79 Å². The average Bonchev–Trinajstić information content (AvgIpc) is 3.23. The van der Waals surface area contributed by atoms with Gasteiger partial charge in [0, 0.05) is 26.2 Å². The van der Waals surface area contributed by atoms with Gasteiger partial charge in [0.05, 0.1) is 34.9 Å². The number of rotatable bonds is 7. The standard InChI is InChI=1S/C25H30ClN3O2S/c1-17-5-7-20(15-19(17)3)16-22(30)29(10-4-9-28-11-13-31-14-12-28)25-27-23-18(2)6-8-21(26)24(23)32-25/h5-8,15H,4,9-14,16H2,1-3H3. The molecular formula is C25H30ClN3O2S. The van der Waals surface area contributed by atoms with E-state index in [0.717, 1.165) is 65.7 Å². The Morgan fingerprint density at radius 3 is 2.59 bits per heavy atom. The monoisotopic (exact) mass is 471 g/mol. The summed E-state index contributed by atoms with van der Waals surface area (Å²) in [6.45, 7) is 11.3. The molecule has 1 aromatic heterocycles. The first-order valence-electron chi connectivity index (χ1n) is 11.1. The molecule has 0 aliphatic carbocycles. The first-order valence-corrected chi connectivity index (χ1v) is 12.3. The van der Waals surface area contributed by atoms with Gasteiger partial charge in [-0.2, -0.15) is 0 Å². The number of benzene rings is 2. The fourth-order valence-electron chi connectivity index (χ4n) is 3.99. The number of nitrogens with zero attached hydrogens (tertiary/aromatic N) is 3. The SMILES string of the molecule is Cc1ccc(CC(=O)N(CCCN2CCOCC2)c2nc3c(C)ccc(Cl)c3s2)cc1C. The first-order chi connectivity index (χ1) is 15.4. The molecule has 0 bridgehead atoms. The molecular weight excluding hydrogens is 442 g/mol. The summed E-state index contributed by atoms with van der Waals surface area (Å²) in [5, 5.41) is 1.41. The Morgan fingerprint density at radius 1 is 1.12 bits per heavy atom. The van der Waals surface area contributed by atoms with E-state index in [0.29, 0.717) is 18.0 Å². The second kappa shape index (κ2) is 10.3. The van der Waals surface area contributed by atoms with Crippen LogP contribution in [-0.2, 0) is 16.0 Å². The summed E-state index contributed by atoms with van der Waals surface area (Å²) in [6.07, 6.45) is 1.25. The van der Waals surface area contributed by atoms with E-state index in [-0.39, 0.29) is 5.91 Å². The number of amides is 1. The van der Waals surface area contributed by atoms with E-state index in [1.165, 1.54) is 22.5 Å². The molecule has 0 unspecified atom stereocenters. The molecule has 170 valence electrons. The van der Waals surface area contributed by atoms with Gasteiger partial charge in [0.2, 0.25) is 5.91 Å². The molecule has 0 saturated carbocycles. The zero-order chi connectivity index (χ0) is 22.7. The number of halogens is 1. The summed E-state index contributed by atoms with van der Waals surface area (Å²) in [6, 6.07) is 10.1. The van der Waals surface area contributed by atoms with Gasteiger partial charge in [-0.1, -0.05) is 47.2 Å². The zero-order valence-corrected chi connectivity index (χ0v) is 20.6. The van der Waals surface area contributed by atoms with Crippen LogP contribution in [0.25, 0.3) is 10.2 Å². The summed E-state index contributed by atoms with van der Waals surface area (Å²) < 4.78 is 6.39. The molecule has 0 atom stereocenters. The molecule has 0 N–H and O–H groups in total. The minimum Gasteiger partial charge on any atom is -0.379 e. The highest BCUT2D eigenvalue weighted by Gasteiger charge is 2.22. The molecule has 2 heterocycles. The van der Waals surface area contributed by atoms with Gasteiger partial charge < -0.3 is 4.74 Å². The van der Waals surface area contributed by atoms with Crippen LogP contribution in [0, 0.1) is 20.8 Å². The number of morpholine rings is 1. The predicted octanol–water partition coefficient (Wildman–Crippen LogP) is 5.17. The molecule has 7 heteroatoms. The van der Waals surface area contributed by atoms with Gasteiger partial charge in [0.25, 0.3) is 0 Å². The van der Waals surface area contributed by atoms with Gasteiger partial charge in [-0.25, -0.2) is 4.98 Å². The van der Waals surface area contributed by atoms with Crippen LogP contribution in [0.4, 0.5) is 5.13 Å². The summed E-state index contributed by atoms with van der Waals surface area (Å²) in [4.78, 5) is 22.6.